The number of likely N-dealkylation sites (tertiary alicyclic amines) is 1. The van der Waals surface area contributed by atoms with Gasteiger partial charge in [-0.3, -0.25) is 15.3 Å². The lowest BCUT2D eigenvalue weighted by Gasteiger charge is -2.53. The van der Waals surface area contributed by atoms with E-state index >= 15 is 4.39 Å². The van der Waals surface area contributed by atoms with Crippen LogP contribution in [-0.4, -0.2) is 52.3 Å². The van der Waals surface area contributed by atoms with Gasteiger partial charge in [0.15, 0.2) is 11.6 Å². The zero-order valence-corrected chi connectivity index (χ0v) is 22.2. The molecule has 4 N–H and O–H groups in total. The number of pyridine rings is 2. The molecule has 7 nitrogen and oxygen atoms in total. The highest BCUT2D eigenvalue weighted by molar-refractivity contribution is 6.31. The van der Waals surface area contributed by atoms with E-state index in [4.69, 9.17) is 27.5 Å². The molecule has 9 heteroatoms. The molecule has 0 amide bonds. The minimum absolute atomic E-state index is 0.0828. The molecule has 2 aliphatic rings. The molecule has 0 saturated carbocycles. The second-order valence-electron chi connectivity index (χ2n) is 10.4. The Balaban J connectivity index is 1.32. The average Bonchev–Trinajstić information content (AvgIpc) is 3.38. The van der Waals surface area contributed by atoms with Gasteiger partial charge in [0.1, 0.15) is 11.9 Å². The molecule has 2 fully saturated rings. The largest absolute Gasteiger partial charge is 0.486 e. The molecule has 1 aromatic carbocycles. The molecule has 0 aliphatic carbocycles. The van der Waals surface area contributed by atoms with Crippen LogP contribution in [0.15, 0.2) is 42.9 Å². The first-order valence-corrected chi connectivity index (χ1v) is 13.0. The summed E-state index contributed by atoms with van der Waals surface area (Å²) in [7, 11) is 0. The molecule has 1 atom stereocenters. The highest BCUT2D eigenvalue weighted by atomic mass is 35.5. The van der Waals surface area contributed by atoms with Gasteiger partial charge in [-0.2, -0.15) is 0 Å². The fourth-order valence-corrected chi connectivity index (χ4v) is 5.87. The number of nitrogens with zero attached hydrogens (tertiary/aromatic N) is 4. The first-order valence-electron chi connectivity index (χ1n) is 12.6. The van der Waals surface area contributed by atoms with Crippen LogP contribution in [0.4, 0.5) is 15.9 Å². The van der Waals surface area contributed by atoms with E-state index in [-0.39, 0.29) is 11.6 Å². The van der Waals surface area contributed by atoms with E-state index < -0.39 is 5.82 Å². The smallest absolute Gasteiger partial charge is 0.215 e. The molecular weight excluding hydrogens is 491 g/mol. The Labute approximate surface area is 221 Å². The van der Waals surface area contributed by atoms with Crippen LogP contribution in [0, 0.1) is 12.7 Å². The molecule has 5 rings (SSSR count). The van der Waals surface area contributed by atoms with Crippen molar-refractivity contribution >= 4 is 28.8 Å². The van der Waals surface area contributed by atoms with E-state index in [0.717, 1.165) is 37.3 Å². The van der Waals surface area contributed by atoms with Gasteiger partial charge < -0.3 is 15.4 Å². The number of hydrogen-bond donors (Lipinski definition) is 2. The highest BCUT2D eigenvalue weighted by Gasteiger charge is 2.45. The van der Waals surface area contributed by atoms with Crippen molar-refractivity contribution in [2.75, 3.05) is 36.8 Å². The van der Waals surface area contributed by atoms with Crippen molar-refractivity contribution < 1.29 is 14.5 Å². The molecule has 37 heavy (non-hydrogen) atoms. The summed E-state index contributed by atoms with van der Waals surface area (Å²) in [5.41, 5.74) is 9.94. The van der Waals surface area contributed by atoms with Crippen LogP contribution in [0.25, 0.3) is 0 Å². The van der Waals surface area contributed by atoms with Crippen molar-refractivity contribution in [3.8, 4) is 5.75 Å². The van der Waals surface area contributed by atoms with Gasteiger partial charge >= 0.3 is 0 Å². The van der Waals surface area contributed by atoms with Crippen molar-refractivity contribution in [2.45, 2.75) is 45.3 Å². The highest BCUT2D eigenvalue weighted by Crippen LogP contribution is 2.35. The van der Waals surface area contributed by atoms with Crippen molar-refractivity contribution in [1.82, 2.24) is 14.9 Å². The summed E-state index contributed by atoms with van der Waals surface area (Å²) in [5, 5.41) is 7.01. The lowest BCUT2D eigenvalue weighted by molar-refractivity contribution is -0.111. The molecule has 0 unspecified atom stereocenters. The first-order chi connectivity index (χ1) is 17.7. The van der Waals surface area contributed by atoms with Gasteiger partial charge in [-0.05, 0) is 76.5 Å². The van der Waals surface area contributed by atoms with Gasteiger partial charge in [0.25, 0.3) is 0 Å². The number of anilines is 2. The number of hydrogen-bond acceptors (Lipinski definition) is 6. The number of benzene rings is 1. The quantitative estimate of drug-likeness (QED) is 0.363. The minimum atomic E-state index is -0.397. The molecule has 3 aromatic rings. The van der Waals surface area contributed by atoms with Gasteiger partial charge in [-0.25, -0.2) is 9.37 Å². The van der Waals surface area contributed by atoms with Gasteiger partial charge in [-0.15, -0.1) is 0 Å². The molecule has 2 aliphatic heterocycles. The van der Waals surface area contributed by atoms with Crippen LogP contribution in [0.1, 0.15) is 55.0 Å². The second-order valence-corrected chi connectivity index (χ2v) is 10.8. The van der Waals surface area contributed by atoms with Crippen LogP contribution in [0.3, 0.4) is 0 Å². The van der Waals surface area contributed by atoms with Gasteiger partial charge in [0.05, 0.1) is 21.7 Å². The maximum absolute atomic E-state index is 15.2. The lowest BCUT2D eigenvalue weighted by Crippen LogP contribution is -2.68. The topological polar surface area (TPSA) is 93.1 Å². The third-order valence-electron chi connectivity index (χ3n) is 7.54. The number of rotatable bonds is 7. The number of halogens is 2. The summed E-state index contributed by atoms with van der Waals surface area (Å²) in [4.78, 5) is 13.0. The molecule has 4 heterocycles. The van der Waals surface area contributed by atoms with Gasteiger partial charge in [0, 0.05) is 42.9 Å². The molecule has 0 bridgehead atoms. The minimum Gasteiger partial charge on any atom is -0.486 e. The average molecular weight is 524 g/mol. The van der Waals surface area contributed by atoms with Crippen LogP contribution in [0.2, 0.25) is 5.02 Å². The van der Waals surface area contributed by atoms with E-state index in [2.05, 4.69) is 21.8 Å². The SMILES string of the molecule is Cc1cncc(Cl)c1[C@@H](C)Oc1ccc(N)c(C(=[NH2+])c2cnc(N3CC(C)(N4CCCC4)C3)c(F)c2)c1. The Bertz CT molecular complexity index is 1320. The van der Waals surface area contributed by atoms with E-state index in [1.54, 1.807) is 36.8 Å². The van der Waals surface area contributed by atoms with Crippen LogP contribution < -0.4 is 20.8 Å². The molecule has 2 aromatic heterocycles. The summed E-state index contributed by atoms with van der Waals surface area (Å²) in [6, 6.07) is 6.69. The summed E-state index contributed by atoms with van der Waals surface area (Å²) >= 11 is 6.36. The third-order valence-corrected chi connectivity index (χ3v) is 7.84. The Morgan fingerprint density at radius 3 is 2.59 bits per heavy atom. The van der Waals surface area contributed by atoms with Crippen molar-refractivity contribution in [2.24, 2.45) is 0 Å². The zero-order valence-electron chi connectivity index (χ0n) is 21.5. The maximum atomic E-state index is 15.2. The Morgan fingerprint density at radius 1 is 1.19 bits per heavy atom. The second kappa shape index (κ2) is 9.91. The molecule has 2 saturated heterocycles. The number of aryl methyl sites for hydroxylation is 1. The molecule has 194 valence electrons. The normalized spacial score (nSPS) is 17.9. The summed E-state index contributed by atoms with van der Waals surface area (Å²) < 4.78 is 21.3. The summed E-state index contributed by atoms with van der Waals surface area (Å²) in [6.07, 6.45) is 7.10. The lowest BCUT2D eigenvalue weighted by atomic mass is 9.90. The standard InChI is InChI=1S/C28H32ClFN6O/c1-17-12-33-14-22(29)25(17)18(2)37-20-6-7-24(31)21(11-20)26(32)19-10-23(30)27(34-13-19)35-15-28(3,16-35)36-8-4-5-9-36/h6-7,10-14,18,32H,4-5,8-9,15-16,31H2,1-3H3/p+1/t18-/m1/s1. The number of ether oxygens (including phenoxy) is 1. The maximum Gasteiger partial charge on any atom is 0.215 e. The predicted molar refractivity (Wildman–Crippen MR) is 145 cm³/mol. The number of nitrogens with two attached hydrogens (primary N) is 2. The summed E-state index contributed by atoms with van der Waals surface area (Å²) in [5.74, 6) is 0.529. The summed E-state index contributed by atoms with van der Waals surface area (Å²) in [6.45, 7) is 9.86. The fraction of sp³-hybridized carbons (Fsp3) is 0.393. The van der Waals surface area contributed by atoms with Gasteiger partial charge in [0.2, 0.25) is 5.71 Å². The first kappa shape index (κ1) is 25.4. The van der Waals surface area contributed by atoms with Crippen LogP contribution >= 0.6 is 11.6 Å². The molecule has 0 spiro atoms. The van der Waals surface area contributed by atoms with Gasteiger partial charge in [-0.1, -0.05) is 11.6 Å². The van der Waals surface area contributed by atoms with E-state index in [0.29, 0.717) is 39.1 Å². The van der Waals surface area contributed by atoms with E-state index in [1.165, 1.54) is 18.9 Å². The Kier molecular flexibility index (Phi) is 6.81. The predicted octanol–water partition coefficient (Wildman–Crippen LogP) is 3.57. The molecule has 0 radical (unpaired) electrons. The van der Waals surface area contributed by atoms with Crippen molar-refractivity contribution in [1.29, 1.82) is 0 Å². The zero-order chi connectivity index (χ0) is 26.3. The fourth-order valence-electron chi connectivity index (χ4n) is 5.51. The van der Waals surface area contributed by atoms with Crippen LogP contribution in [0.5, 0.6) is 5.75 Å². The number of nitrogen functional groups attached to an aromatic ring is 1. The van der Waals surface area contributed by atoms with Crippen molar-refractivity contribution in [3.05, 3.63) is 75.9 Å². The van der Waals surface area contributed by atoms with Crippen molar-refractivity contribution in [3.63, 3.8) is 0 Å². The Morgan fingerprint density at radius 2 is 1.92 bits per heavy atom. The number of aromatic nitrogens is 2. The monoisotopic (exact) mass is 523 g/mol. The van der Waals surface area contributed by atoms with E-state index in [1.807, 2.05) is 18.7 Å². The Hall–Kier alpha value is -3.23. The third kappa shape index (κ3) is 4.88. The molecular formula is C28H33ClFN6O+. The van der Waals surface area contributed by atoms with Crippen LogP contribution in [-0.2, 0) is 0 Å². The van der Waals surface area contributed by atoms with E-state index in [9.17, 15) is 0 Å².